The third-order valence-corrected chi connectivity index (χ3v) is 2.66. The zero-order valence-electron chi connectivity index (χ0n) is 10.0. The Morgan fingerprint density at radius 1 is 1.31 bits per heavy atom. The molecule has 0 aliphatic carbocycles. The van der Waals surface area contributed by atoms with Crippen molar-refractivity contribution in [2.45, 2.75) is 20.3 Å². The second kappa shape index (κ2) is 5.25. The summed E-state index contributed by atoms with van der Waals surface area (Å²) in [5.41, 5.74) is 1.13. The smallest absolute Gasteiger partial charge is 0.132 e. The molecule has 0 radical (unpaired) electrons. The van der Waals surface area contributed by atoms with Crippen LogP contribution in [0.15, 0.2) is 12.4 Å². The SMILES string of the molecule is CC(C)Cc1cc(N2CCOCC2)ncn1. The van der Waals surface area contributed by atoms with Gasteiger partial charge in [0.05, 0.1) is 13.2 Å². The van der Waals surface area contributed by atoms with E-state index in [0.717, 1.165) is 44.2 Å². The number of nitrogens with zero attached hydrogens (tertiary/aromatic N) is 3. The van der Waals surface area contributed by atoms with Crippen LogP contribution in [0.1, 0.15) is 19.5 Å². The van der Waals surface area contributed by atoms with Gasteiger partial charge in [-0.2, -0.15) is 0 Å². The summed E-state index contributed by atoms with van der Waals surface area (Å²) >= 11 is 0. The highest BCUT2D eigenvalue weighted by atomic mass is 16.5. The van der Waals surface area contributed by atoms with E-state index in [1.165, 1.54) is 0 Å². The largest absolute Gasteiger partial charge is 0.378 e. The Morgan fingerprint density at radius 3 is 2.75 bits per heavy atom. The minimum absolute atomic E-state index is 0.632. The Balaban J connectivity index is 2.08. The molecule has 0 bridgehead atoms. The topological polar surface area (TPSA) is 38.2 Å². The second-order valence-corrected chi connectivity index (χ2v) is 4.56. The Morgan fingerprint density at radius 2 is 2.06 bits per heavy atom. The molecule has 1 fully saturated rings. The van der Waals surface area contributed by atoms with Gasteiger partial charge in [-0.15, -0.1) is 0 Å². The van der Waals surface area contributed by atoms with Gasteiger partial charge < -0.3 is 9.64 Å². The molecule has 0 amide bonds. The molecule has 1 aliphatic heterocycles. The van der Waals surface area contributed by atoms with Gasteiger partial charge >= 0.3 is 0 Å². The molecule has 1 aromatic rings. The predicted octanol–water partition coefficient (Wildman–Crippen LogP) is 1.51. The number of rotatable bonds is 3. The number of anilines is 1. The first kappa shape index (κ1) is 11.3. The molecule has 1 saturated heterocycles. The summed E-state index contributed by atoms with van der Waals surface area (Å²) in [6.07, 6.45) is 2.68. The zero-order chi connectivity index (χ0) is 11.4. The summed E-state index contributed by atoms with van der Waals surface area (Å²) < 4.78 is 5.33. The minimum atomic E-state index is 0.632. The average molecular weight is 221 g/mol. The lowest BCUT2D eigenvalue weighted by Gasteiger charge is -2.27. The number of hydrogen-bond donors (Lipinski definition) is 0. The lowest BCUT2D eigenvalue weighted by atomic mass is 10.1. The standard InChI is InChI=1S/C12H19N3O/c1-10(2)7-11-8-12(14-9-13-11)15-3-5-16-6-4-15/h8-10H,3-7H2,1-2H3. The van der Waals surface area contributed by atoms with Crippen LogP contribution in [-0.2, 0) is 11.2 Å². The molecular weight excluding hydrogens is 202 g/mol. The van der Waals surface area contributed by atoms with Crippen molar-refractivity contribution < 1.29 is 4.74 Å². The molecule has 0 atom stereocenters. The third kappa shape index (κ3) is 2.92. The molecule has 1 aliphatic rings. The normalized spacial score (nSPS) is 16.8. The summed E-state index contributed by atoms with van der Waals surface area (Å²) in [5, 5.41) is 0. The van der Waals surface area contributed by atoms with Crippen LogP contribution in [-0.4, -0.2) is 36.3 Å². The van der Waals surface area contributed by atoms with Gasteiger partial charge in [0.15, 0.2) is 0 Å². The first-order chi connectivity index (χ1) is 7.75. The van der Waals surface area contributed by atoms with Crippen LogP contribution in [0.4, 0.5) is 5.82 Å². The van der Waals surface area contributed by atoms with Gasteiger partial charge in [0.1, 0.15) is 12.1 Å². The fraction of sp³-hybridized carbons (Fsp3) is 0.667. The Hall–Kier alpha value is -1.16. The highest BCUT2D eigenvalue weighted by Crippen LogP contribution is 2.14. The van der Waals surface area contributed by atoms with Crippen molar-refractivity contribution in [1.29, 1.82) is 0 Å². The van der Waals surface area contributed by atoms with Gasteiger partial charge in [-0.3, -0.25) is 0 Å². The van der Waals surface area contributed by atoms with E-state index in [0.29, 0.717) is 5.92 Å². The molecule has 0 spiro atoms. The lowest BCUT2D eigenvalue weighted by molar-refractivity contribution is 0.122. The molecule has 0 unspecified atom stereocenters. The molecule has 0 N–H and O–H groups in total. The number of ether oxygens (including phenoxy) is 1. The van der Waals surface area contributed by atoms with Crippen LogP contribution in [0.5, 0.6) is 0 Å². The monoisotopic (exact) mass is 221 g/mol. The zero-order valence-corrected chi connectivity index (χ0v) is 10.0. The van der Waals surface area contributed by atoms with E-state index in [1.807, 2.05) is 0 Å². The van der Waals surface area contributed by atoms with Crippen LogP contribution in [0.25, 0.3) is 0 Å². The van der Waals surface area contributed by atoms with E-state index in [1.54, 1.807) is 6.33 Å². The molecule has 16 heavy (non-hydrogen) atoms. The van der Waals surface area contributed by atoms with Gasteiger partial charge in [-0.05, 0) is 12.3 Å². The molecule has 88 valence electrons. The van der Waals surface area contributed by atoms with Crippen LogP contribution in [0, 0.1) is 5.92 Å². The van der Waals surface area contributed by atoms with E-state index >= 15 is 0 Å². The van der Waals surface area contributed by atoms with Crippen LogP contribution in [0.2, 0.25) is 0 Å². The van der Waals surface area contributed by atoms with E-state index in [9.17, 15) is 0 Å². The summed E-state index contributed by atoms with van der Waals surface area (Å²) in [5.74, 6) is 1.67. The van der Waals surface area contributed by atoms with Crippen molar-refractivity contribution in [3.05, 3.63) is 18.1 Å². The van der Waals surface area contributed by atoms with Gasteiger partial charge in [-0.1, -0.05) is 13.8 Å². The van der Waals surface area contributed by atoms with Crippen LogP contribution < -0.4 is 4.90 Å². The lowest BCUT2D eigenvalue weighted by Crippen LogP contribution is -2.36. The van der Waals surface area contributed by atoms with E-state index in [4.69, 9.17) is 4.74 Å². The Kier molecular flexibility index (Phi) is 3.72. The molecule has 2 rings (SSSR count). The van der Waals surface area contributed by atoms with Crippen molar-refractivity contribution in [2.75, 3.05) is 31.2 Å². The second-order valence-electron chi connectivity index (χ2n) is 4.56. The maximum atomic E-state index is 5.33. The third-order valence-electron chi connectivity index (χ3n) is 2.66. The van der Waals surface area contributed by atoms with Gasteiger partial charge in [0.2, 0.25) is 0 Å². The predicted molar refractivity (Wildman–Crippen MR) is 63.6 cm³/mol. The van der Waals surface area contributed by atoms with Crippen molar-refractivity contribution in [3.8, 4) is 0 Å². The summed E-state index contributed by atoms with van der Waals surface area (Å²) in [7, 11) is 0. The number of morpholine rings is 1. The van der Waals surface area contributed by atoms with E-state index in [-0.39, 0.29) is 0 Å². The highest BCUT2D eigenvalue weighted by Gasteiger charge is 2.13. The molecule has 1 aromatic heterocycles. The quantitative estimate of drug-likeness (QED) is 0.775. The van der Waals surface area contributed by atoms with Crippen molar-refractivity contribution in [3.63, 3.8) is 0 Å². The van der Waals surface area contributed by atoms with Gasteiger partial charge in [-0.25, -0.2) is 9.97 Å². The maximum absolute atomic E-state index is 5.33. The Bertz CT molecular complexity index is 335. The van der Waals surface area contributed by atoms with E-state index in [2.05, 4.69) is 34.8 Å². The summed E-state index contributed by atoms with van der Waals surface area (Å²) in [6, 6.07) is 2.10. The van der Waals surface area contributed by atoms with Crippen molar-refractivity contribution in [2.24, 2.45) is 5.92 Å². The molecule has 2 heterocycles. The minimum Gasteiger partial charge on any atom is -0.378 e. The molecule has 4 nitrogen and oxygen atoms in total. The number of aromatic nitrogens is 2. The Labute approximate surface area is 96.7 Å². The summed E-state index contributed by atoms with van der Waals surface area (Å²) in [4.78, 5) is 10.9. The molecular formula is C12H19N3O. The molecule has 0 saturated carbocycles. The highest BCUT2D eigenvalue weighted by molar-refractivity contribution is 5.39. The van der Waals surface area contributed by atoms with Crippen molar-refractivity contribution in [1.82, 2.24) is 9.97 Å². The van der Waals surface area contributed by atoms with E-state index < -0.39 is 0 Å². The summed E-state index contributed by atoms with van der Waals surface area (Å²) in [6.45, 7) is 7.86. The first-order valence-corrected chi connectivity index (χ1v) is 5.89. The van der Waals surface area contributed by atoms with Gasteiger partial charge in [0.25, 0.3) is 0 Å². The number of hydrogen-bond acceptors (Lipinski definition) is 4. The van der Waals surface area contributed by atoms with Crippen molar-refractivity contribution >= 4 is 5.82 Å². The molecule has 0 aromatic carbocycles. The van der Waals surface area contributed by atoms with Crippen LogP contribution >= 0.6 is 0 Å². The average Bonchev–Trinajstić information content (AvgIpc) is 2.30. The first-order valence-electron chi connectivity index (χ1n) is 5.89. The fourth-order valence-electron chi connectivity index (χ4n) is 1.88. The van der Waals surface area contributed by atoms with Crippen LogP contribution in [0.3, 0.4) is 0 Å². The molecule has 4 heteroatoms. The van der Waals surface area contributed by atoms with Gasteiger partial charge in [0, 0.05) is 24.8 Å². The fourth-order valence-corrected chi connectivity index (χ4v) is 1.88. The maximum Gasteiger partial charge on any atom is 0.132 e.